The van der Waals surface area contributed by atoms with Crippen LogP contribution in [0, 0.1) is 10.1 Å². The SMILES string of the molecule is Cl.O=C(NC1CCCNC1)c1ccc([N+](=O)[O-])cc1Cl. The number of hydrogen-bond acceptors (Lipinski definition) is 4. The first kappa shape index (κ1) is 16.7. The summed E-state index contributed by atoms with van der Waals surface area (Å²) in [7, 11) is 0. The summed E-state index contributed by atoms with van der Waals surface area (Å²) in [6, 6.07) is 3.93. The van der Waals surface area contributed by atoms with Crippen molar-refractivity contribution in [2.24, 2.45) is 0 Å². The summed E-state index contributed by atoms with van der Waals surface area (Å²) in [4.78, 5) is 22.1. The van der Waals surface area contributed by atoms with Crippen molar-refractivity contribution in [3.05, 3.63) is 38.9 Å². The van der Waals surface area contributed by atoms with Crippen molar-refractivity contribution >= 4 is 35.6 Å². The molecule has 1 atom stereocenters. The smallest absolute Gasteiger partial charge is 0.270 e. The van der Waals surface area contributed by atoms with Crippen LogP contribution in [0.5, 0.6) is 0 Å². The van der Waals surface area contributed by atoms with Crippen molar-refractivity contribution in [3.63, 3.8) is 0 Å². The minimum Gasteiger partial charge on any atom is -0.348 e. The molecule has 0 bridgehead atoms. The van der Waals surface area contributed by atoms with Gasteiger partial charge in [-0.2, -0.15) is 0 Å². The fourth-order valence-corrected chi connectivity index (χ4v) is 2.30. The van der Waals surface area contributed by atoms with Gasteiger partial charge in [0.15, 0.2) is 0 Å². The fraction of sp³-hybridized carbons (Fsp3) is 0.417. The molecule has 0 aromatic heterocycles. The molecule has 2 rings (SSSR count). The van der Waals surface area contributed by atoms with Crippen LogP contribution in [0.2, 0.25) is 5.02 Å². The van der Waals surface area contributed by atoms with Crippen LogP contribution >= 0.6 is 24.0 Å². The fourth-order valence-electron chi connectivity index (χ4n) is 2.04. The quantitative estimate of drug-likeness (QED) is 0.660. The predicted molar refractivity (Wildman–Crippen MR) is 78.7 cm³/mol. The summed E-state index contributed by atoms with van der Waals surface area (Å²) in [6.45, 7) is 1.70. The Morgan fingerprint density at radius 1 is 1.50 bits per heavy atom. The summed E-state index contributed by atoms with van der Waals surface area (Å²) in [5.74, 6) is -0.298. The van der Waals surface area contributed by atoms with Crippen molar-refractivity contribution in [1.82, 2.24) is 10.6 Å². The lowest BCUT2D eigenvalue weighted by Gasteiger charge is -2.23. The maximum absolute atomic E-state index is 12.0. The Bertz CT molecular complexity index is 505. The highest BCUT2D eigenvalue weighted by Crippen LogP contribution is 2.22. The number of nitrogens with zero attached hydrogens (tertiary/aromatic N) is 1. The van der Waals surface area contributed by atoms with E-state index in [4.69, 9.17) is 11.6 Å². The number of nitro benzene ring substituents is 1. The lowest BCUT2D eigenvalue weighted by Crippen LogP contribution is -2.45. The second kappa shape index (κ2) is 7.42. The number of amides is 1. The molecule has 1 heterocycles. The van der Waals surface area contributed by atoms with Gasteiger partial charge in [-0.05, 0) is 25.5 Å². The highest BCUT2D eigenvalue weighted by atomic mass is 35.5. The number of hydrogen-bond donors (Lipinski definition) is 2. The van der Waals surface area contributed by atoms with Gasteiger partial charge in [-0.1, -0.05) is 11.6 Å². The number of halogens is 2. The molecule has 1 unspecified atom stereocenters. The van der Waals surface area contributed by atoms with E-state index >= 15 is 0 Å². The average molecular weight is 320 g/mol. The summed E-state index contributed by atoms with van der Waals surface area (Å²) >= 11 is 5.91. The van der Waals surface area contributed by atoms with E-state index in [1.165, 1.54) is 18.2 Å². The van der Waals surface area contributed by atoms with Crippen LogP contribution in [0.3, 0.4) is 0 Å². The molecule has 8 heteroatoms. The van der Waals surface area contributed by atoms with Crippen LogP contribution in [-0.2, 0) is 0 Å². The first-order chi connectivity index (χ1) is 9.08. The van der Waals surface area contributed by atoms with Crippen LogP contribution in [0.15, 0.2) is 18.2 Å². The Morgan fingerprint density at radius 2 is 2.25 bits per heavy atom. The van der Waals surface area contributed by atoms with Crippen LogP contribution < -0.4 is 10.6 Å². The zero-order valence-electron chi connectivity index (χ0n) is 10.6. The van der Waals surface area contributed by atoms with E-state index < -0.39 is 4.92 Å². The van der Waals surface area contributed by atoms with Crippen LogP contribution in [0.4, 0.5) is 5.69 Å². The van der Waals surface area contributed by atoms with Crippen molar-refractivity contribution in [2.75, 3.05) is 13.1 Å². The lowest BCUT2D eigenvalue weighted by molar-refractivity contribution is -0.384. The first-order valence-corrected chi connectivity index (χ1v) is 6.41. The molecule has 6 nitrogen and oxygen atoms in total. The van der Waals surface area contributed by atoms with Crippen molar-refractivity contribution < 1.29 is 9.72 Å². The highest BCUT2D eigenvalue weighted by Gasteiger charge is 2.19. The molecule has 1 aliphatic rings. The predicted octanol–water partition coefficient (Wildman–Crippen LogP) is 2.15. The van der Waals surface area contributed by atoms with Gasteiger partial charge in [0.05, 0.1) is 15.5 Å². The molecule has 1 aromatic carbocycles. The summed E-state index contributed by atoms with van der Waals surface area (Å²) in [5, 5.41) is 16.7. The summed E-state index contributed by atoms with van der Waals surface area (Å²) < 4.78 is 0. The lowest BCUT2D eigenvalue weighted by atomic mass is 10.1. The van der Waals surface area contributed by atoms with E-state index in [0.717, 1.165) is 25.9 Å². The third kappa shape index (κ3) is 4.06. The van der Waals surface area contributed by atoms with Crippen LogP contribution in [0.1, 0.15) is 23.2 Å². The average Bonchev–Trinajstić information content (AvgIpc) is 2.39. The number of nitro groups is 1. The number of carbonyl (C=O) groups is 1. The molecule has 0 radical (unpaired) electrons. The standard InChI is InChI=1S/C12H14ClN3O3.ClH/c13-11-6-9(16(18)19)3-4-10(11)12(17)15-8-2-1-5-14-7-8;/h3-4,6,8,14H,1-2,5,7H2,(H,15,17);1H. The Hall–Kier alpha value is -1.37. The normalized spacial score (nSPS) is 17.9. The molecule has 2 N–H and O–H groups in total. The van der Waals surface area contributed by atoms with Crippen molar-refractivity contribution in [3.8, 4) is 0 Å². The van der Waals surface area contributed by atoms with E-state index in [9.17, 15) is 14.9 Å². The minimum atomic E-state index is -0.543. The molecule has 1 saturated heterocycles. The second-order valence-electron chi connectivity index (χ2n) is 4.44. The van der Waals surface area contributed by atoms with Gasteiger partial charge in [-0.25, -0.2) is 0 Å². The van der Waals surface area contributed by atoms with Gasteiger partial charge in [-0.15, -0.1) is 12.4 Å². The van der Waals surface area contributed by atoms with Gasteiger partial charge in [-0.3, -0.25) is 14.9 Å². The Balaban J connectivity index is 0.00000200. The Kier molecular flexibility index (Phi) is 6.19. The molecule has 1 fully saturated rings. The van der Waals surface area contributed by atoms with Gasteiger partial charge >= 0.3 is 0 Å². The maximum Gasteiger partial charge on any atom is 0.270 e. The Morgan fingerprint density at radius 3 is 2.80 bits per heavy atom. The van der Waals surface area contributed by atoms with Crippen LogP contribution in [0.25, 0.3) is 0 Å². The van der Waals surface area contributed by atoms with E-state index in [-0.39, 0.29) is 40.6 Å². The van der Waals surface area contributed by atoms with Gasteiger partial charge in [0.2, 0.25) is 0 Å². The van der Waals surface area contributed by atoms with Crippen molar-refractivity contribution in [2.45, 2.75) is 18.9 Å². The monoisotopic (exact) mass is 319 g/mol. The molecular weight excluding hydrogens is 305 g/mol. The van der Waals surface area contributed by atoms with E-state index in [0.29, 0.717) is 0 Å². The second-order valence-corrected chi connectivity index (χ2v) is 4.85. The van der Waals surface area contributed by atoms with Crippen LogP contribution in [-0.4, -0.2) is 30.0 Å². The molecule has 1 aromatic rings. The topological polar surface area (TPSA) is 84.3 Å². The molecule has 0 aliphatic carbocycles. The van der Waals surface area contributed by atoms with Crippen molar-refractivity contribution in [1.29, 1.82) is 0 Å². The molecule has 0 spiro atoms. The summed E-state index contributed by atoms with van der Waals surface area (Å²) in [6.07, 6.45) is 1.93. The number of piperidine rings is 1. The molecular formula is C12H15Cl2N3O3. The van der Waals surface area contributed by atoms with E-state index in [1.807, 2.05) is 0 Å². The van der Waals surface area contributed by atoms with Gasteiger partial charge in [0.25, 0.3) is 11.6 Å². The third-order valence-electron chi connectivity index (χ3n) is 3.04. The van der Waals surface area contributed by atoms with E-state index in [2.05, 4.69) is 10.6 Å². The molecule has 20 heavy (non-hydrogen) atoms. The number of non-ortho nitro benzene ring substituents is 1. The number of carbonyl (C=O) groups excluding carboxylic acids is 1. The van der Waals surface area contributed by atoms with Gasteiger partial charge in [0.1, 0.15) is 0 Å². The Labute approximate surface area is 127 Å². The van der Waals surface area contributed by atoms with Gasteiger partial charge < -0.3 is 10.6 Å². The first-order valence-electron chi connectivity index (χ1n) is 6.03. The number of nitrogens with one attached hydrogen (secondary N) is 2. The molecule has 0 saturated carbocycles. The third-order valence-corrected chi connectivity index (χ3v) is 3.35. The zero-order valence-corrected chi connectivity index (χ0v) is 12.2. The molecule has 1 aliphatic heterocycles. The van der Waals surface area contributed by atoms with E-state index in [1.54, 1.807) is 0 Å². The highest BCUT2D eigenvalue weighted by molar-refractivity contribution is 6.34. The number of benzene rings is 1. The minimum absolute atomic E-state index is 0. The zero-order chi connectivity index (χ0) is 13.8. The summed E-state index contributed by atoms with van der Waals surface area (Å²) in [5.41, 5.74) is 0.138. The number of rotatable bonds is 3. The maximum atomic E-state index is 12.0. The molecule has 1 amide bonds. The largest absolute Gasteiger partial charge is 0.348 e. The van der Waals surface area contributed by atoms with Gasteiger partial charge in [0, 0.05) is 24.7 Å². The molecule has 110 valence electrons.